The number of nitrogens with zero attached hydrogens (tertiary/aromatic N) is 4. The first-order chi connectivity index (χ1) is 16.1. The molecule has 1 unspecified atom stereocenters. The Bertz CT molecular complexity index is 1120. The predicted octanol–water partition coefficient (Wildman–Crippen LogP) is 5.48. The van der Waals surface area contributed by atoms with Crippen LogP contribution in [0.15, 0.2) is 10.5 Å². The van der Waals surface area contributed by atoms with Crippen molar-refractivity contribution in [3.05, 3.63) is 25.8 Å². The lowest BCUT2D eigenvalue weighted by Gasteiger charge is -2.53. The number of rotatable bonds is 2. The molecule has 0 N–H and O–H groups in total. The van der Waals surface area contributed by atoms with Crippen molar-refractivity contribution in [2.24, 2.45) is 5.41 Å². The van der Waals surface area contributed by atoms with E-state index in [1.807, 2.05) is 26.8 Å². The van der Waals surface area contributed by atoms with Crippen LogP contribution in [0.5, 0.6) is 0 Å². The van der Waals surface area contributed by atoms with Crippen molar-refractivity contribution in [3.8, 4) is 0 Å². The maximum absolute atomic E-state index is 15.3. The fourth-order valence-electron chi connectivity index (χ4n) is 5.06. The van der Waals surface area contributed by atoms with Gasteiger partial charge in [-0.2, -0.15) is 0 Å². The number of fused-ring (bicyclic) bond motifs is 1. The van der Waals surface area contributed by atoms with Crippen LogP contribution in [0.25, 0.3) is 10.9 Å². The van der Waals surface area contributed by atoms with Gasteiger partial charge in [0.15, 0.2) is 5.82 Å². The van der Waals surface area contributed by atoms with E-state index in [9.17, 15) is 4.79 Å². The maximum Gasteiger partial charge on any atom is 0.410 e. The van der Waals surface area contributed by atoms with Gasteiger partial charge >= 0.3 is 6.09 Å². The van der Waals surface area contributed by atoms with Gasteiger partial charge in [-0.25, -0.2) is 19.2 Å². The highest BCUT2D eigenvalue weighted by atomic mass is 127. The zero-order valence-electron chi connectivity index (χ0n) is 19.7. The number of ether oxygens (including phenoxy) is 2. The van der Waals surface area contributed by atoms with E-state index in [4.69, 9.17) is 14.5 Å². The molecule has 3 aliphatic rings. The van der Waals surface area contributed by atoms with Crippen LogP contribution in [0.3, 0.4) is 0 Å². The number of carbonyl (C=O) groups excluding carboxylic acids is 1. The molecule has 3 aliphatic heterocycles. The van der Waals surface area contributed by atoms with Gasteiger partial charge in [-0.05, 0) is 84.6 Å². The molecule has 1 aromatic heterocycles. The molecule has 2 aromatic rings. The number of piperidine rings is 1. The van der Waals surface area contributed by atoms with Crippen LogP contribution >= 0.6 is 38.5 Å². The third kappa shape index (κ3) is 4.61. The number of anilines is 1. The third-order valence-corrected chi connectivity index (χ3v) is 9.31. The van der Waals surface area contributed by atoms with Crippen LogP contribution in [0.2, 0.25) is 0 Å². The van der Waals surface area contributed by atoms with Gasteiger partial charge in [0.25, 0.3) is 0 Å². The number of benzene rings is 1. The Morgan fingerprint density at radius 2 is 2.00 bits per heavy atom. The minimum Gasteiger partial charge on any atom is -0.444 e. The van der Waals surface area contributed by atoms with Gasteiger partial charge in [-0.3, -0.25) is 0 Å². The summed E-state index contributed by atoms with van der Waals surface area (Å²) in [6, 6.07) is 1.96. The number of halogens is 3. The lowest BCUT2D eigenvalue weighted by Crippen LogP contribution is -2.62. The van der Waals surface area contributed by atoms with Crippen molar-refractivity contribution in [1.29, 1.82) is 0 Å². The summed E-state index contributed by atoms with van der Waals surface area (Å²) in [6.45, 7) is 9.99. The van der Waals surface area contributed by atoms with E-state index in [0.717, 1.165) is 60.2 Å². The standard InChI is InChI=1S/C24H29BrFIN4O3/c1-23(2,3)34-22(32)31-12-24(13-31)5-7-30(8-6-24)21-15-10-16(27)17(25)18(26)19(15)28-20(29-21)14-4-9-33-11-14/h10,14H,4-9,11-13H2,1-3H3. The number of hydrogen-bond donors (Lipinski definition) is 0. The number of carbonyl (C=O) groups is 1. The lowest BCUT2D eigenvalue weighted by atomic mass is 9.72. The average molecular weight is 647 g/mol. The van der Waals surface area contributed by atoms with Crippen LogP contribution in [0.4, 0.5) is 15.0 Å². The summed E-state index contributed by atoms with van der Waals surface area (Å²) < 4.78 is 27.6. The summed E-state index contributed by atoms with van der Waals surface area (Å²) in [5.74, 6) is 1.21. The summed E-state index contributed by atoms with van der Waals surface area (Å²) in [7, 11) is 0. The Hall–Kier alpha value is -1.27. The van der Waals surface area contributed by atoms with Crippen LogP contribution in [-0.2, 0) is 9.47 Å². The average Bonchev–Trinajstić information content (AvgIpc) is 3.29. The molecule has 1 amide bonds. The zero-order valence-corrected chi connectivity index (χ0v) is 23.4. The predicted molar refractivity (Wildman–Crippen MR) is 140 cm³/mol. The highest BCUT2D eigenvalue weighted by molar-refractivity contribution is 14.1. The Balaban J connectivity index is 1.37. The first kappa shape index (κ1) is 24.4. The van der Waals surface area contributed by atoms with Crippen LogP contribution in [0, 0.1) is 14.8 Å². The Labute approximate surface area is 221 Å². The molecule has 1 spiro atoms. The second-order valence-electron chi connectivity index (χ2n) is 10.7. The molecule has 0 saturated carbocycles. The van der Waals surface area contributed by atoms with E-state index >= 15 is 4.39 Å². The zero-order chi connectivity index (χ0) is 24.3. The smallest absolute Gasteiger partial charge is 0.410 e. The second-order valence-corrected chi connectivity index (χ2v) is 12.6. The minimum atomic E-state index is -0.485. The fourth-order valence-corrected chi connectivity index (χ4v) is 5.91. The maximum atomic E-state index is 15.3. The van der Waals surface area contributed by atoms with Crippen molar-refractivity contribution in [2.45, 2.75) is 51.6 Å². The van der Waals surface area contributed by atoms with Crippen LogP contribution in [-0.4, -0.2) is 66.0 Å². The molecule has 0 bridgehead atoms. The van der Waals surface area contributed by atoms with Crippen LogP contribution in [0.1, 0.15) is 51.8 Å². The molecule has 3 fully saturated rings. The summed E-state index contributed by atoms with van der Waals surface area (Å²) in [5, 5.41) is 0.743. The molecule has 1 aromatic carbocycles. The summed E-state index contributed by atoms with van der Waals surface area (Å²) in [6.07, 6.45) is 2.52. The SMILES string of the molecule is CC(C)(C)OC(=O)N1CC2(CCN(c3nc(C4CCOC4)nc4c(F)c(Br)c(I)cc34)CC2)C1. The van der Waals surface area contributed by atoms with E-state index in [1.165, 1.54) is 0 Å². The topological polar surface area (TPSA) is 67.8 Å². The molecule has 1 atom stereocenters. The molecule has 10 heteroatoms. The van der Waals surface area contributed by atoms with Gasteiger partial charge in [0.05, 0.1) is 11.1 Å². The molecular formula is C24H29BrFIN4O3. The van der Waals surface area contributed by atoms with Gasteiger partial charge in [0.1, 0.15) is 22.8 Å². The minimum absolute atomic E-state index is 0.0887. The van der Waals surface area contributed by atoms with Crippen LogP contribution < -0.4 is 4.90 Å². The molecule has 5 rings (SSSR count). The summed E-state index contributed by atoms with van der Waals surface area (Å²) >= 11 is 5.51. The van der Waals surface area contributed by atoms with E-state index < -0.39 is 5.60 Å². The second kappa shape index (κ2) is 8.99. The van der Waals surface area contributed by atoms with Crippen molar-refractivity contribution in [3.63, 3.8) is 0 Å². The largest absolute Gasteiger partial charge is 0.444 e. The highest BCUT2D eigenvalue weighted by Crippen LogP contribution is 2.43. The molecule has 0 radical (unpaired) electrons. The highest BCUT2D eigenvalue weighted by Gasteiger charge is 2.48. The quantitative estimate of drug-likeness (QED) is 0.318. The van der Waals surface area contributed by atoms with Crippen molar-refractivity contribution >= 4 is 61.3 Å². The first-order valence-electron chi connectivity index (χ1n) is 11.7. The Morgan fingerprint density at radius 3 is 2.62 bits per heavy atom. The molecule has 7 nitrogen and oxygen atoms in total. The first-order valence-corrected chi connectivity index (χ1v) is 13.6. The normalized spacial score (nSPS) is 22.4. The number of aromatic nitrogens is 2. The third-order valence-electron chi connectivity index (χ3n) is 6.95. The summed E-state index contributed by atoms with van der Waals surface area (Å²) in [4.78, 5) is 26.0. The van der Waals surface area contributed by atoms with E-state index in [2.05, 4.69) is 48.4 Å². The van der Waals surface area contributed by atoms with E-state index in [1.54, 1.807) is 4.90 Å². The number of likely N-dealkylation sites (tertiary alicyclic amines) is 1. The van der Waals surface area contributed by atoms with E-state index in [0.29, 0.717) is 29.0 Å². The Kier molecular flexibility index (Phi) is 6.46. The Morgan fingerprint density at radius 1 is 1.29 bits per heavy atom. The van der Waals surface area contributed by atoms with Gasteiger partial charge in [0, 0.05) is 53.1 Å². The number of hydrogen-bond acceptors (Lipinski definition) is 6. The van der Waals surface area contributed by atoms with Gasteiger partial charge < -0.3 is 19.3 Å². The van der Waals surface area contributed by atoms with Gasteiger partial charge in [0.2, 0.25) is 0 Å². The van der Waals surface area contributed by atoms with Crippen molar-refractivity contribution < 1.29 is 18.7 Å². The van der Waals surface area contributed by atoms with Crippen molar-refractivity contribution in [2.75, 3.05) is 44.3 Å². The van der Waals surface area contributed by atoms with Crippen molar-refractivity contribution in [1.82, 2.24) is 14.9 Å². The van der Waals surface area contributed by atoms with E-state index in [-0.39, 0.29) is 23.2 Å². The molecule has 0 aliphatic carbocycles. The van der Waals surface area contributed by atoms with Gasteiger partial charge in [-0.15, -0.1) is 0 Å². The van der Waals surface area contributed by atoms with Gasteiger partial charge in [-0.1, -0.05) is 0 Å². The molecule has 184 valence electrons. The molecule has 34 heavy (non-hydrogen) atoms. The molecule has 3 saturated heterocycles. The molecular weight excluding hydrogens is 618 g/mol. The summed E-state index contributed by atoms with van der Waals surface area (Å²) in [5.41, 5.74) is 0.00144. The monoisotopic (exact) mass is 646 g/mol. The lowest BCUT2D eigenvalue weighted by molar-refractivity contribution is -0.0434. The molecule has 4 heterocycles. The number of amides is 1. The fraction of sp³-hybridized carbons (Fsp3) is 0.625.